The summed E-state index contributed by atoms with van der Waals surface area (Å²) in [7, 11) is 0. The molecule has 0 bridgehead atoms. The van der Waals surface area contributed by atoms with Gasteiger partial charge in [0.05, 0.1) is 13.2 Å². The average molecular weight is 374 g/mol. The Kier molecular flexibility index (Phi) is 7.36. The molecule has 4 heteroatoms. The summed E-state index contributed by atoms with van der Waals surface area (Å²) in [6.45, 7) is 0.619. The smallest absolute Gasteiger partial charge is 0.243 e. The van der Waals surface area contributed by atoms with Crippen LogP contribution in [0.4, 0.5) is 5.69 Å². The number of aryl methyl sites for hydroxylation is 2. The number of nitrogens with one attached hydrogen (secondary N) is 1. The molecule has 0 aliphatic carbocycles. The van der Waals surface area contributed by atoms with Crippen LogP contribution in [-0.4, -0.2) is 18.6 Å². The number of amides is 1. The molecular weight excluding hydrogens is 348 g/mol. The van der Waals surface area contributed by atoms with E-state index in [9.17, 15) is 4.79 Å². The van der Waals surface area contributed by atoms with E-state index in [4.69, 9.17) is 10.5 Å². The van der Waals surface area contributed by atoms with Crippen LogP contribution in [0, 0.1) is 0 Å². The van der Waals surface area contributed by atoms with Gasteiger partial charge in [0.1, 0.15) is 6.04 Å². The maximum Gasteiger partial charge on any atom is 0.243 e. The van der Waals surface area contributed by atoms with Gasteiger partial charge in [0, 0.05) is 5.69 Å². The Morgan fingerprint density at radius 2 is 1.32 bits per heavy atom. The molecule has 4 nitrogen and oxygen atoms in total. The van der Waals surface area contributed by atoms with Crippen molar-refractivity contribution < 1.29 is 9.53 Å². The molecule has 1 unspecified atom stereocenters. The molecule has 3 aromatic rings. The van der Waals surface area contributed by atoms with Gasteiger partial charge in [-0.2, -0.15) is 0 Å². The summed E-state index contributed by atoms with van der Waals surface area (Å²) in [5.74, 6) is -0.245. The molecule has 3 aromatic carbocycles. The molecule has 0 saturated carbocycles. The molecule has 3 N–H and O–H groups in total. The lowest BCUT2D eigenvalue weighted by Crippen LogP contribution is -2.39. The molecular formula is C24H26N2O2. The van der Waals surface area contributed by atoms with Crippen LogP contribution in [0.5, 0.6) is 0 Å². The van der Waals surface area contributed by atoms with Crippen LogP contribution < -0.4 is 11.1 Å². The molecule has 0 spiro atoms. The molecule has 0 aromatic heterocycles. The Balaban J connectivity index is 1.41. The monoisotopic (exact) mass is 374 g/mol. The van der Waals surface area contributed by atoms with Crippen LogP contribution >= 0.6 is 0 Å². The van der Waals surface area contributed by atoms with Crippen LogP contribution in [0.2, 0.25) is 0 Å². The largest absolute Gasteiger partial charge is 0.375 e. The number of anilines is 1. The minimum Gasteiger partial charge on any atom is -0.375 e. The molecule has 1 atom stereocenters. The normalized spacial score (nSPS) is 11.8. The molecule has 0 heterocycles. The highest BCUT2D eigenvalue weighted by Crippen LogP contribution is 2.13. The number of hydrogen-bond acceptors (Lipinski definition) is 3. The number of carbonyl (C=O) groups is 1. The molecule has 0 fully saturated rings. The van der Waals surface area contributed by atoms with Gasteiger partial charge < -0.3 is 15.8 Å². The number of benzene rings is 3. The number of ether oxygens (including phenoxy) is 1. The summed E-state index contributed by atoms with van der Waals surface area (Å²) in [4.78, 5) is 12.2. The van der Waals surface area contributed by atoms with E-state index in [0.29, 0.717) is 6.61 Å². The zero-order valence-electron chi connectivity index (χ0n) is 15.9. The molecule has 0 saturated heterocycles. The predicted molar refractivity (Wildman–Crippen MR) is 113 cm³/mol. The summed E-state index contributed by atoms with van der Waals surface area (Å²) in [5, 5.41) is 2.85. The number of nitrogens with two attached hydrogens (primary N) is 1. The lowest BCUT2D eigenvalue weighted by molar-refractivity contribution is -0.118. The summed E-state index contributed by atoms with van der Waals surface area (Å²) < 4.78 is 5.55. The molecule has 0 radical (unpaired) electrons. The van der Waals surface area contributed by atoms with E-state index in [1.54, 1.807) is 0 Å². The zero-order valence-corrected chi connectivity index (χ0v) is 15.9. The highest BCUT2D eigenvalue weighted by molar-refractivity contribution is 5.94. The Labute approximate surface area is 166 Å². The maximum atomic E-state index is 12.2. The van der Waals surface area contributed by atoms with Gasteiger partial charge in [-0.1, -0.05) is 72.8 Å². The van der Waals surface area contributed by atoms with Crippen molar-refractivity contribution in [1.29, 1.82) is 0 Å². The average Bonchev–Trinajstić information content (AvgIpc) is 2.74. The fraction of sp³-hybridized carbons (Fsp3) is 0.208. The first-order valence-electron chi connectivity index (χ1n) is 9.52. The van der Waals surface area contributed by atoms with Crippen LogP contribution in [0.15, 0.2) is 84.9 Å². The van der Waals surface area contributed by atoms with Crippen LogP contribution in [0.1, 0.15) is 16.7 Å². The van der Waals surface area contributed by atoms with Crippen LogP contribution in [0.25, 0.3) is 0 Å². The van der Waals surface area contributed by atoms with E-state index in [1.165, 1.54) is 11.1 Å². The molecule has 144 valence electrons. The number of carbonyl (C=O) groups excluding carboxylic acids is 1. The van der Waals surface area contributed by atoms with Crippen molar-refractivity contribution in [2.24, 2.45) is 5.73 Å². The van der Waals surface area contributed by atoms with Crippen molar-refractivity contribution >= 4 is 11.6 Å². The SMILES string of the molecule is NC(COCc1ccccc1)C(=O)Nc1ccc(CCc2ccccc2)cc1. The molecule has 28 heavy (non-hydrogen) atoms. The third-order valence-corrected chi connectivity index (χ3v) is 4.51. The minimum atomic E-state index is -0.707. The van der Waals surface area contributed by atoms with E-state index >= 15 is 0 Å². The van der Waals surface area contributed by atoms with Gasteiger partial charge in [0.2, 0.25) is 5.91 Å². The second-order valence-corrected chi connectivity index (χ2v) is 6.78. The summed E-state index contributed by atoms with van der Waals surface area (Å²) in [6.07, 6.45) is 1.96. The lowest BCUT2D eigenvalue weighted by Gasteiger charge is -2.13. The van der Waals surface area contributed by atoms with Crippen molar-refractivity contribution in [3.8, 4) is 0 Å². The predicted octanol–water partition coefficient (Wildman–Crippen LogP) is 3.95. The Morgan fingerprint density at radius 1 is 0.786 bits per heavy atom. The highest BCUT2D eigenvalue weighted by atomic mass is 16.5. The van der Waals surface area contributed by atoms with Gasteiger partial charge in [0.15, 0.2) is 0 Å². The molecule has 0 aliphatic rings. The fourth-order valence-electron chi connectivity index (χ4n) is 2.88. The van der Waals surface area contributed by atoms with Crippen molar-refractivity contribution in [2.75, 3.05) is 11.9 Å². The van der Waals surface area contributed by atoms with E-state index in [0.717, 1.165) is 24.1 Å². The third kappa shape index (κ3) is 6.34. The quantitative estimate of drug-likeness (QED) is 0.596. The van der Waals surface area contributed by atoms with Gasteiger partial charge in [-0.25, -0.2) is 0 Å². The Morgan fingerprint density at radius 3 is 1.93 bits per heavy atom. The Bertz CT molecular complexity index is 849. The van der Waals surface area contributed by atoms with Gasteiger partial charge in [-0.15, -0.1) is 0 Å². The maximum absolute atomic E-state index is 12.2. The first-order chi connectivity index (χ1) is 13.7. The number of rotatable bonds is 9. The molecule has 3 rings (SSSR count). The van der Waals surface area contributed by atoms with Gasteiger partial charge in [-0.3, -0.25) is 4.79 Å². The van der Waals surface area contributed by atoms with Crippen molar-refractivity contribution in [2.45, 2.75) is 25.5 Å². The van der Waals surface area contributed by atoms with Gasteiger partial charge in [0.25, 0.3) is 0 Å². The third-order valence-electron chi connectivity index (χ3n) is 4.51. The second-order valence-electron chi connectivity index (χ2n) is 6.78. The Hall–Kier alpha value is -2.95. The van der Waals surface area contributed by atoms with Crippen molar-refractivity contribution in [1.82, 2.24) is 0 Å². The number of hydrogen-bond donors (Lipinski definition) is 2. The lowest BCUT2D eigenvalue weighted by atomic mass is 10.0. The van der Waals surface area contributed by atoms with E-state index < -0.39 is 6.04 Å². The minimum absolute atomic E-state index is 0.176. The molecule has 1 amide bonds. The summed E-state index contributed by atoms with van der Waals surface area (Å²) >= 11 is 0. The van der Waals surface area contributed by atoms with E-state index in [1.807, 2.05) is 60.7 Å². The highest BCUT2D eigenvalue weighted by Gasteiger charge is 2.13. The van der Waals surface area contributed by atoms with E-state index in [2.05, 4.69) is 29.6 Å². The van der Waals surface area contributed by atoms with Crippen LogP contribution in [0.3, 0.4) is 0 Å². The standard InChI is InChI=1S/C24H26N2O2/c25-23(18-28-17-21-9-5-2-6-10-21)24(27)26-22-15-13-20(14-16-22)12-11-19-7-3-1-4-8-19/h1-10,13-16,23H,11-12,17-18,25H2,(H,26,27). The zero-order chi connectivity index (χ0) is 19.6. The van der Waals surface area contributed by atoms with Gasteiger partial charge in [-0.05, 0) is 41.7 Å². The van der Waals surface area contributed by atoms with E-state index in [-0.39, 0.29) is 12.5 Å². The second kappa shape index (κ2) is 10.4. The first kappa shape index (κ1) is 19.8. The molecule has 0 aliphatic heterocycles. The fourth-order valence-corrected chi connectivity index (χ4v) is 2.88. The van der Waals surface area contributed by atoms with Crippen molar-refractivity contribution in [3.63, 3.8) is 0 Å². The van der Waals surface area contributed by atoms with Crippen molar-refractivity contribution in [3.05, 3.63) is 102 Å². The summed E-state index contributed by atoms with van der Waals surface area (Å²) in [6, 6.07) is 27.4. The van der Waals surface area contributed by atoms with Crippen LogP contribution in [-0.2, 0) is 29.0 Å². The van der Waals surface area contributed by atoms with Gasteiger partial charge >= 0.3 is 0 Å². The first-order valence-corrected chi connectivity index (χ1v) is 9.52. The summed E-state index contributed by atoms with van der Waals surface area (Å²) in [5.41, 5.74) is 10.3. The topological polar surface area (TPSA) is 64.3 Å².